The van der Waals surface area contributed by atoms with Crippen LogP contribution in [0.15, 0.2) is 23.1 Å². The standard InChI is InChI=1S/C12H16ClNO4S/c1-3-12(15)10-8-9(4-5-11(10)13)19(16,17)14-6-7-18-2/h4-5,8,14H,3,6-7H2,1-2H3. The number of carbonyl (C=O) groups excluding carboxylic acids is 1. The van der Waals surface area contributed by atoms with Crippen LogP contribution in [0, 0.1) is 0 Å². The maximum absolute atomic E-state index is 12.0. The number of carbonyl (C=O) groups is 1. The van der Waals surface area contributed by atoms with Crippen LogP contribution in [0.1, 0.15) is 23.7 Å². The van der Waals surface area contributed by atoms with Gasteiger partial charge in [-0.3, -0.25) is 4.79 Å². The molecular weight excluding hydrogens is 290 g/mol. The van der Waals surface area contributed by atoms with E-state index in [0.29, 0.717) is 0 Å². The van der Waals surface area contributed by atoms with Crippen LogP contribution in [0.5, 0.6) is 0 Å². The van der Waals surface area contributed by atoms with E-state index in [1.54, 1.807) is 6.92 Å². The molecule has 1 aromatic carbocycles. The van der Waals surface area contributed by atoms with Crippen LogP contribution < -0.4 is 4.72 Å². The fraction of sp³-hybridized carbons (Fsp3) is 0.417. The van der Waals surface area contributed by atoms with E-state index in [1.807, 2.05) is 0 Å². The third kappa shape index (κ3) is 4.28. The zero-order valence-electron chi connectivity index (χ0n) is 10.8. The fourth-order valence-electron chi connectivity index (χ4n) is 1.44. The van der Waals surface area contributed by atoms with Crippen molar-refractivity contribution in [2.45, 2.75) is 18.2 Å². The molecule has 0 spiro atoms. The molecule has 0 aliphatic rings. The van der Waals surface area contributed by atoms with E-state index in [-0.39, 0.29) is 40.8 Å². The minimum atomic E-state index is -3.65. The molecular formula is C12H16ClNO4S. The van der Waals surface area contributed by atoms with E-state index in [9.17, 15) is 13.2 Å². The van der Waals surface area contributed by atoms with Gasteiger partial charge in [0.15, 0.2) is 5.78 Å². The van der Waals surface area contributed by atoms with Crippen molar-refractivity contribution < 1.29 is 17.9 Å². The van der Waals surface area contributed by atoms with E-state index in [0.717, 1.165) is 0 Å². The first-order valence-electron chi connectivity index (χ1n) is 5.73. The van der Waals surface area contributed by atoms with Crippen molar-refractivity contribution in [3.63, 3.8) is 0 Å². The van der Waals surface area contributed by atoms with Gasteiger partial charge < -0.3 is 4.74 Å². The third-order valence-corrected chi connectivity index (χ3v) is 4.26. The quantitative estimate of drug-likeness (QED) is 0.616. The average Bonchev–Trinajstić information content (AvgIpc) is 2.38. The topological polar surface area (TPSA) is 72.5 Å². The summed E-state index contributed by atoms with van der Waals surface area (Å²) in [5, 5.41) is 0.252. The molecule has 0 unspecified atom stereocenters. The Balaban J connectivity index is 3.04. The number of sulfonamides is 1. The highest BCUT2D eigenvalue weighted by Crippen LogP contribution is 2.21. The molecule has 0 aromatic heterocycles. The van der Waals surface area contributed by atoms with Gasteiger partial charge in [0.1, 0.15) is 0 Å². The highest BCUT2D eigenvalue weighted by Gasteiger charge is 2.17. The molecule has 0 aliphatic heterocycles. The molecule has 7 heteroatoms. The Kier molecular flexibility index (Phi) is 5.93. The molecule has 0 atom stereocenters. The van der Waals surface area contributed by atoms with E-state index in [2.05, 4.69) is 4.72 Å². The van der Waals surface area contributed by atoms with Crippen LogP contribution in [0.4, 0.5) is 0 Å². The van der Waals surface area contributed by atoms with Crippen molar-refractivity contribution in [2.24, 2.45) is 0 Å². The number of methoxy groups -OCH3 is 1. The first-order chi connectivity index (χ1) is 8.92. The molecule has 1 aromatic rings. The summed E-state index contributed by atoms with van der Waals surface area (Å²) in [6.45, 7) is 2.13. The molecule has 5 nitrogen and oxygen atoms in total. The smallest absolute Gasteiger partial charge is 0.240 e. The van der Waals surface area contributed by atoms with Gasteiger partial charge in [-0.05, 0) is 18.2 Å². The minimum absolute atomic E-state index is 0.0183. The molecule has 0 heterocycles. The van der Waals surface area contributed by atoms with Gasteiger partial charge in [0.2, 0.25) is 10.0 Å². The molecule has 19 heavy (non-hydrogen) atoms. The zero-order chi connectivity index (χ0) is 14.5. The highest BCUT2D eigenvalue weighted by molar-refractivity contribution is 7.89. The maximum Gasteiger partial charge on any atom is 0.240 e. The molecule has 0 fully saturated rings. The molecule has 0 saturated carbocycles. The first kappa shape index (κ1) is 16.1. The van der Waals surface area contributed by atoms with Crippen molar-refractivity contribution in [2.75, 3.05) is 20.3 Å². The third-order valence-electron chi connectivity index (χ3n) is 2.47. The van der Waals surface area contributed by atoms with E-state index < -0.39 is 10.0 Å². The first-order valence-corrected chi connectivity index (χ1v) is 7.59. The largest absolute Gasteiger partial charge is 0.383 e. The van der Waals surface area contributed by atoms with Gasteiger partial charge >= 0.3 is 0 Å². The number of halogens is 1. The van der Waals surface area contributed by atoms with Gasteiger partial charge in [-0.2, -0.15) is 0 Å². The summed E-state index contributed by atoms with van der Waals surface area (Å²) in [6.07, 6.45) is 0.264. The van der Waals surface area contributed by atoms with Gasteiger partial charge in [-0.25, -0.2) is 13.1 Å². The van der Waals surface area contributed by atoms with Crippen molar-refractivity contribution >= 4 is 27.4 Å². The van der Waals surface area contributed by atoms with Crippen LogP contribution in [-0.4, -0.2) is 34.5 Å². The zero-order valence-corrected chi connectivity index (χ0v) is 12.3. The Labute approximate surface area is 118 Å². The summed E-state index contributed by atoms with van der Waals surface area (Å²) >= 11 is 5.89. The van der Waals surface area contributed by atoms with Crippen molar-refractivity contribution in [3.8, 4) is 0 Å². The summed E-state index contributed by atoms with van der Waals surface area (Å²) in [5.41, 5.74) is 0.221. The minimum Gasteiger partial charge on any atom is -0.383 e. The summed E-state index contributed by atoms with van der Waals surface area (Å²) in [7, 11) is -2.17. The average molecular weight is 306 g/mol. The Morgan fingerprint density at radius 3 is 2.68 bits per heavy atom. The van der Waals surface area contributed by atoms with Gasteiger partial charge in [-0.1, -0.05) is 18.5 Å². The highest BCUT2D eigenvalue weighted by atomic mass is 35.5. The van der Waals surface area contributed by atoms with Gasteiger partial charge in [0.05, 0.1) is 16.5 Å². The number of hydrogen-bond donors (Lipinski definition) is 1. The van der Waals surface area contributed by atoms with E-state index in [1.165, 1.54) is 25.3 Å². The Bertz CT molecular complexity index is 557. The summed E-state index contributed by atoms with van der Waals surface area (Å²) in [6, 6.07) is 4.07. The number of ether oxygens (including phenoxy) is 1. The van der Waals surface area contributed by atoms with Gasteiger partial charge in [0, 0.05) is 25.6 Å². The lowest BCUT2D eigenvalue weighted by Crippen LogP contribution is -2.27. The fourth-order valence-corrected chi connectivity index (χ4v) is 2.70. The van der Waals surface area contributed by atoms with Crippen LogP contribution in [-0.2, 0) is 14.8 Å². The number of rotatable bonds is 7. The normalized spacial score (nSPS) is 11.5. The van der Waals surface area contributed by atoms with Gasteiger partial charge in [-0.15, -0.1) is 0 Å². The maximum atomic E-state index is 12.0. The number of Topliss-reactive ketones (excluding diaryl/α,β-unsaturated/α-hetero) is 1. The van der Waals surface area contributed by atoms with Crippen LogP contribution in [0.25, 0.3) is 0 Å². The molecule has 0 bridgehead atoms. The van der Waals surface area contributed by atoms with Crippen LogP contribution in [0.2, 0.25) is 5.02 Å². The van der Waals surface area contributed by atoms with Crippen LogP contribution in [0.3, 0.4) is 0 Å². The number of benzene rings is 1. The van der Waals surface area contributed by atoms with E-state index >= 15 is 0 Å². The molecule has 0 amide bonds. The Morgan fingerprint density at radius 2 is 2.11 bits per heavy atom. The molecule has 1 N–H and O–H groups in total. The Morgan fingerprint density at radius 1 is 1.42 bits per heavy atom. The molecule has 0 radical (unpaired) electrons. The SMILES string of the molecule is CCC(=O)c1cc(S(=O)(=O)NCCOC)ccc1Cl. The second-order valence-electron chi connectivity index (χ2n) is 3.81. The lowest BCUT2D eigenvalue weighted by Gasteiger charge is -2.08. The van der Waals surface area contributed by atoms with Crippen molar-refractivity contribution in [3.05, 3.63) is 28.8 Å². The predicted molar refractivity (Wildman–Crippen MR) is 73.1 cm³/mol. The summed E-state index contributed by atoms with van der Waals surface area (Å²) in [4.78, 5) is 11.7. The van der Waals surface area contributed by atoms with Crippen LogP contribution >= 0.6 is 11.6 Å². The summed E-state index contributed by atoms with van der Waals surface area (Å²) in [5.74, 6) is -0.195. The van der Waals surface area contributed by atoms with E-state index in [4.69, 9.17) is 16.3 Å². The molecule has 0 aliphatic carbocycles. The molecule has 106 valence electrons. The lowest BCUT2D eigenvalue weighted by molar-refractivity contribution is 0.0988. The van der Waals surface area contributed by atoms with Crippen molar-refractivity contribution in [1.82, 2.24) is 4.72 Å². The molecule has 0 saturated heterocycles. The van der Waals surface area contributed by atoms with Crippen molar-refractivity contribution in [1.29, 1.82) is 0 Å². The monoisotopic (exact) mass is 305 g/mol. The summed E-state index contributed by atoms with van der Waals surface area (Å²) < 4.78 is 31.1. The second-order valence-corrected chi connectivity index (χ2v) is 5.98. The van der Waals surface area contributed by atoms with Gasteiger partial charge in [0.25, 0.3) is 0 Å². The Hall–Kier alpha value is -0.950. The second kappa shape index (κ2) is 7.00. The molecule has 1 rings (SSSR count). The predicted octanol–water partition coefficient (Wildman–Crippen LogP) is 1.86. The lowest BCUT2D eigenvalue weighted by atomic mass is 10.1. The number of nitrogens with one attached hydrogen (secondary N) is 1. The number of ketones is 1. The number of hydrogen-bond acceptors (Lipinski definition) is 4.